The molecule has 1 atom stereocenters. The van der Waals surface area contributed by atoms with E-state index in [1.807, 2.05) is 36.1 Å². The molecule has 0 spiro atoms. The van der Waals surface area contributed by atoms with Crippen LogP contribution in [0.15, 0.2) is 53.5 Å². The van der Waals surface area contributed by atoms with E-state index in [0.29, 0.717) is 0 Å². The number of aliphatic imine (C=N–C) groups is 1. The fourth-order valence-electron chi connectivity index (χ4n) is 3.26. The van der Waals surface area contributed by atoms with Crippen LogP contribution in [0.2, 0.25) is 0 Å². The van der Waals surface area contributed by atoms with Gasteiger partial charge in [0.05, 0.1) is 10.9 Å². The van der Waals surface area contributed by atoms with Crippen LogP contribution < -0.4 is 4.90 Å². The molecule has 0 saturated carbocycles. The third kappa shape index (κ3) is 3.48. The predicted octanol–water partition coefficient (Wildman–Crippen LogP) is 5.02. The number of aryl methyl sites for hydroxylation is 1. The van der Waals surface area contributed by atoms with E-state index < -0.39 is 0 Å². The highest BCUT2D eigenvalue weighted by molar-refractivity contribution is 8.39. The van der Waals surface area contributed by atoms with Gasteiger partial charge in [-0.2, -0.15) is 0 Å². The monoisotopic (exact) mass is 368 g/mol. The second-order valence-corrected chi connectivity index (χ2v) is 8.83. The van der Waals surface area contributed by atoms with Crippen molar-refractivity contribution in [1.82, 2.24) is 0 Å². The van der Waals surface area contributed by atoms with Crippen molar-refractivity contribution in [3.05, 3.63) is 59.7 Å². The summed E-state index contributed by atoms with van der Waals surface area (Å²) in [5, 5.41) is -0.136. The molecule has 25 heavy (non-hydrogen) atoms. The number of carbonyl (C=O) groups excluding carboxylic acids is 1. The molecule has 0 radical (unpaired) electrons. The van der Waals surface area contributed by atoms with Crippen LogP contribution >= 0.6 is 23.5 Å². The van der Waals surface area contributed by atoms with Gasteiger partial charge in [-0.05, 0) is 43.0 Å². The number of hydrogen-bond donors (Lipinski definition) is 0. The van der Waals surface area contributed by atoms with Crippen LogP contribution in [0.1, 0.15) is 24.5 Å². The smallest absolute Gasteiger partial charge is 0.240 e. The number of benzene rings is 2. The summed E-state index contributed by atoms with van der Waals surface area (Å²) in [5.41, 5.74) is 4.65. The molecule has 2 aromatic rings. The first kappa shape index (κ1) is 16.7. The topological polar surface area (TPSA) is 32.7 Å². The van der Waals surface area contributed by atoms with Crippen LogP contribution in [0.3, 0.4) is 0 Å². The highest BCUT2D eigenvalue weighted by Gasteiger charge is 2.28. The number of hydrogen-bond acceptors (Lipinski definition) is 4. The zero-order valence-electron chi connectivity index (χ0n) is 14.1. The summed E-state index contributed by atoms with van der Waals surface area (Å²) < 4.78 is 0.991. The molecule has 5 heteroatoms. The van der Waals surface area contributed by atoms with Gasteiger partial charge < -0.3 is 4.90 Å². The fraction of sp³-hybridized carbons (Fsp3) is 0.300. The normalized spacial score (nSPS) is 17.3. The quantitative estimate of drug-likeness (QED) is 0.746. The second kappa shape index (κ2) is 7.26. The molecule has 128 valence electrons. The standard InChI is InChI=1S/C20H20N2OS2/c1-14(25-20-21-17-10-4-2-8-16(17)13-24-20)19(23)22-12-6-9-15-7-3-5-11-18(15)22/h2-5,7-8,10-11,14H,6,9,12-13H2,1H3. The summed E-state index contributed by atoms with van der Waals surface area (Å²) in [4.78, 5) is 19.7. The summed E-state index contributed by atoms with van der Waals surface area (Å²) in [6.07, 6.45) is 2.09. The molecule has 0 aliphatic carbocycles. The van der Waals surface area contributed by atoms with Crippen LogP contribution in [0.25, 0.3) is 0 Å². The Balaban J connectivity index is 1.50. The molecule has 0 saturated heterocycles. The van der Waals surface area contributed by atoms with E-state index in [1.165, 1.54) is 11.1 Å². The zero-order chi connectivity index (χ0) is 17.2. The van der Waals surface area contributed by atoms with Gasteiger partial charge in [-0.3, -0.25) is 4.79 Å². The van der Waals surface area contributed by atoms with E-state index in [4.69, 9.17) is 4.99 Å². The van der Waals surface area contributed by atoms with E-state index in [-0.39, 0.29) is 11.2 Å². The molecule has 1 amide bonds. The first-order valence-electron chi connectivity index (χ1n) is 8.58. The maximum absolute atomic E-state index is 13.0. The Hall–Kier alpha value is -1.72. The summed E-state index contributed by atoms with van der Waals surface area (Å²) in [7, 11) is 0. The SMILES string of the molecule is CC(SC1=Nc2ccccc2CS1)C(=O)N1CCCc2ccccc21. The molecule has 0 bridgehead atoms. The minimum atomic E-state index is -0.136. The van der Waals surface area contributed by atoms with Crippen LogP contribution in [0, 0.1) is 0 Å². The largest absolute Gasteiger partial charge is 0.311 e. The maximum atomic E-state index is 13.0. The Kier molecular flexibility index (Phi) is 4.86. The van der Waals surface area contributed by atoms with Gasteiger partial charge in [0.15, 0.2) is 0 Å². The van der Waals surface area contributed by atoms with Crippen molar-refractivity contribution in [2.24, 2.45) is 4.99 Å². The van der Waals surface area contributed by atoms with Gasteiger partial charge >= 0.3 is 0 Å². The number of anilines is 1. The van der Waals surface area contributed by atoms with Crippen molar-refractivity contribution >= 4 is 45.2 Å². The van der Waals surface area contributed by atoms with Gasteiger partial charge in [0.1, 0.15) is 4.38 Å². The van der Waals surface area contributed by atoms with Crippen LogP contribution in [-0.2, 0) is 17.0 Å². The average molecular weight is 369 g/mol. The molecular formula is C20H20N2OS2. The van der Waals surface area contributed by atoms with Crippen molar-refractivity contribution in [2.75, 3.05) is 11.4 Å². The molecule has 0 N–H and O–H groups in total. The summed E-state index contributed by atoms with van der Waals surface area (Å²) in [5.74, 6) is 1.11. The number of rotatable bonds is 2. The van der Waals surface area contributed by atoms with Gasteiger partial charge in [-0.25, -0.2) is 4.99 Å². The number of thioether (sulfide) groups is 2. The van der Waals surface area contributed by atoms with Gasteiger partial charge in [0.25, 0.3) is 0 Å². The molecule has 2 aliphatic rings. The van der Waals surface area contributed by atoms with E-state index >= 15 is 0 Å². The number of amides is 1. The Labute approximate surface area is 156 Å². The lowest BCUT2D eigenvalue weighted by Gasteiger charge is -2.31. The molecule has 0 fully saturated rings. The first-order valence-corrected chi connectivity index (χ1v) is 10.4. The summed E-state index contributed by atoms with van der Waals surface area (Å²) in [6, 6.07) is 16.5. The number of nitrogens with zero attached hydrogens (tertiary/aromatic N) is 2. The minimum absolute atomic E-state index is 0.136. The summed E-state index contributed by atoms with van der Waals surface area (Å²) in [6.45, 7) is 2.80. The zero-order valence-corrected chi connectivity index (χ0v) is 15.8. The number of fused-ring (bicyclic) bond motifs is 2. The molecule has 2 heterocycles. The first-order chi connectivity index (χ1) is 12.2. The third-order valence-corrected chi connectivity index (χ3v) is 6.84. The van der Waals surface area contributed by atoms with E-state index in [2.05, 4.69) is 24.3 Å². The lowest BCUT2D eigenvalue weighted by molar-refractivity contribution is -0.117. The van der Waals surface area contributed by atoms with Crippen molar-refractivity contribution in [2.45, 2.75) is 30.8 Å². The van der Waals surface area contributed by atoms with Gasteiger partial charge in [-0.15, -0.1) is 0 Å². The number of para-hydroxylation sites is 2. The Bertz CT molecular complexity index is 834. The third-order valence-electron chi connectivity index (χ3n) is 4.56. The molecule has 4 rings (SSSR count). The lowest BCUT2D eigenvalue weighted by atomic mass is 10.0. The van der Waals surface area contributed by atoms with Crippen LogP contribution in [0.4, 0.5) is 11.4 Å². The second-order valence-electron chi connectivity index (χ2n) is 6.28. The van der Waals surface area contributed by atoms with Crippen LogP contribution in [0.5, 0.6) is 0 Å². The summed E-state index contributed by atoms with van der Waals surface area (Å²) >= 11 is 3.31. The lowest BCUT2D eigenvalue weighted by Crippen LogP contribution is -2.40. The Morgan fingerprint density at radius 2 is 1.92 bits per heavy atom. The van der Waals surface area contributed by atoms with Gasteiger partial charge in [-0.1, -0.05) is 59.9 Å². The highest BCUT2D eigenvalue weighted by Crippen LogP contribution is 2.37. The molecule has 0 aromatic heterocycles. The van der Waals surface area contributed by atoms with E-state index in [9.17, 15) is 4.79 Å². The maximum Gasteiger partial charge on any atom is 0.240 e. The van der Waals surface area contributed by atoms with Crippen molar-refractivity contribution in [3.8, 4) is 0 Å². The fourth-order valence-corrected chi connectivity index (χ4v) is 5.51. The van der Waals surface area contributed by atoms with Crippen molar-refractivity contribution in [3.63, 3.8) is 0 Å². The van der Waals surface area contributed by atoms with Gasteiger partial charge in [0, 0.05) is 18.0 Å². The molecular weight excluding hydrogens is 348 g/mol. The van der Waals surface area contributed by atoms with E-state index in [1.54, 1.807) is 23.5 Å². The van der Waals surface area contributed by atoms with Gasteiger partial charge in [0.2, 0.25) is 5.91 Å². The Morgan fingerprint density at radius 3 is 2.80 bits per heavy atom. The molecule has 1 unspecified atom stereocenters. The average Bonchev–Trinajstić information content (AvgIpc) is 2.67. The Morgan fingerprint density at radius 1 is 1.16 bits per heavy atom. The number of carbonyl (C=O) groups is 1. The molecule has 3 nitrogen and oxygen atoms in total. The van der Waals surface area contributed by atoms with Crippen molar-refractivity contribution < 1.29 is 4.79 Å². The highest BCUT2D eigenvalue weighted by atomic mass is 32.2. The molecule has 2 aliphatic heterocycles. The van der Waals surface area contributed by atoms with E-state index in [0.717, 1.165) is 40.9 Å². The molecule has 2 aromatic carbocycles. The van der Waals surface area contributed by atoms with Crippen LogP contribution in [-0.4, -0.2) is 22.1 Å². The van der Waals surface area contributed by atoms with Crippen molar-refractivity contribution in [1.29, 1.82) is 0 Å². The predicted molar refractivity (Wildman–Crippen MR) is 109 cm³/mol. The minimum Gasteiger partial charge on any atom is -0.311 e.